The van der Waals surface area contributed by atoms with E-state index in [1.165, 1.54) is 6.92 Å². The summed E-state index contributed by atoms with van der Waals surface area (Å²) < 4.78 is 25.2. The third-order valence-corrected chi connectivity index (χ3v) is 6.30. The third kappa shape index (κ3) is 2.43. The van der Waals surface area contributed by atoms with Crippen molar-refractivity contribution < 1.29 is 23.4 Å². The summed E-state index contributed by atoms with van der Waals surface area (Å²) >= 11 is 0.508. The highest BCUT2D eigenvalue weighted by Crippen LogP contribution is 2.28. The molecule has 0 amide bonds. The number of hydrogen-bond acceptors (Lipinski definition) is 6. The van der Waals surface area contributed by atoms with Crippen LogP contribution >= 0.6 is 11.3 Å². The molecule has 2 rings (SSSR count). The van der Waals surface area contributed by atoms with E-state index in [9.17, 15) is 23.1 Å². The SMILES string of the molecule is Cc1[nH]c(=O)sc1S(=O)(=O)N1CC(O)C[C@H]1C(=O)O. The third-order valence-electron chi connectivity index (χ3n) is 2.84. The minimum absolute atomic E-state index is 0.160. The number of sulfonamides is 1. The maximum atomic E-state index is 12.3. The van der Waals surface area contributed by atoms with Gasteiger partial charge < -0.3 is 15.2 Å². The Hall–Kier alpha value is -1.23. The zero-order valence-corrected chi connectivity index (χ0v) is 11.5. The number of aliphatic hydroxyl groups excluding tert-OH is 1. The van der Waals surface area contributed by atoms with Crippen LogP contribution in [0.4, 0.5) is 0 Å². The monoisotopic (exact) mass is 308 g/mol. The second-order valence-corrected chi connectivity index (χ2v) is 7.31. The number of rotatable bonds is 3. The maximum Gasteiger partial charge on any atom is 0.322 e. The molecule has 0 aliphatic carbocycles. The first kappa shape index (κ1) is 14.2. The van der Waals surface area contributed by atoms with Gasteiger partial charge in [-0.15, -0.1) is 0 Å². The molecule has 3 N–H and O–H groups in total. The van der Waals surface area contributed by atoms with Gasteiger partial charge in [-0.25, -0.2) is 8.42 Å². The molecule has 1 aromatic rings. The summed E-state index contributed by atoms with van der Waals surface area (Å²) in [6.07, 6.45) is -1.18. The molecule has 1 fully saturated rings. The number of β-amino-alcohol motifs (C(OH)–C–C–N with tert-alkyl or cyclic N) is 1. The van der Waals surface area contributed by atoms with Crippen molar-refractivity contribution in [1.82, 2.24) is 9.29 Å². The number of carboxylic acids is 1. The van der Waals surface area contributed by atoms with Crippen LogP contribution in [0.2, 0.25) is 0 Å². The number of thiazole rings is 1. The van der Waals surface area contributed by atoms with Crippen LogP contribution < -0.4 is 4.87 Å². The molecule has 0 bridgehead atoms. The number of aliphatic carboxylic acids is 1. The first-order valence-corrected chi connectivity index (χ1v) is 7.61. The predicted molar refractivity (Wildman–Crippen MR) is 65.6 cm³/mol. The molecule has 19 heavy (non-hydrogen) atoms. The molecular formula is C9H12N2O6S2. The van der Waals surface area contributed by atoms with Crippen molar-refractivity contribution in [3.63, 3.8) is 0 Å². The quantitative estimate of drug-likeness (QED) is 0.654. The summed E-state index contributed by atoms with van der Waals surface area (Å²) in [5, 5.41) is 18.5. The molecule has 0 saturated carbocycles. The van der Waals surface area contributed by atoms with Crippen molar-refractivity contribution in [3.05, 3.63) is 15.4 Å². The van der Waals surface area contributed by atoms with Crippen LogP contribution in [0.25, 0.3) is 0 Å². The molecule has 2 atom stereocenters. The summed E-state index contributed by atoms with van der Waals surface area (Å²) in [5.41, 5.74) is 0.167. The molecule has 1 aliphatic heterocycles. The van der Waals surface area contributed by atoms with Crippen LogP contribution in [-0.2, 0) is 14.8 Å². The number of aromatic nitrogens is 1. The summed E-state index contributed by atoms with van der Waals surface area (Å²) in [6, 6.07) is -1.31. The van der Waals surface area contributed by atoms with Gasteiger partial charge in [0.05, 0.1) is 6.10 Å². The Labute approximate surface area is 112 Å². The van der Waals surface area contributed by atoms with Gasteiger partial charge in [0, 0.05) is 18.7 Å². The number of carbonyl (C=O) groups is 1. The van der Waals surface area contributed by atoms with E-state index >= 15 is 0 Å². The largest absolute Gasteiger partial charge is 0.480 e. The van der Waals surface area contributed by atoms with Gasteiger partial charge in [0.2, 0.25) is 0 Å². The van der Waals surface area contributed by atoms with E-state index in [-0.39, 0.29) is 22.9 Å². The topological polar surface area (TPSA) is 128 Å². The van der Waals surface area contributed by atoms with Gasteiger partial charge in [-0.2, -0.15) is 4.31 Å². The second-order valence-electron chi connectivity index (χ2n) is 4.25. The van der Waals surface area contributed by atoms with Crippen LogP contribution in [0.1, 0.15) is 12.1 Å². The lowest BCUT2D eigenvalue weighted by Crippen LogP contribution is -2.40. The fourth-order valence-corrected chi connectivity index (χ4v) is 5.06. The lowest BCUT2D eigenvalue weighted by Gasteiger charge is -2.19. The van der Waals surface area contributed by atoms with E-state index in [2.05, 4.69) is 4.98 Å². The van der Waals surface area contributed by atoms with Crippen LogP contribution in [0.15, 0.2) is 9.00 Å². The number of carboxylic acid groups (broad SMARTS) is 1. The summed E-state index contributed by atoms with van der Waals surface area (Å²) in [7, 11) is -4.10. The van der Waals surface area contributed by atoms with Gasteiger partial charge in [0.1, 0.15) is 6.04 Å². The Balaban J connectivity index is 2.47. The molecule has 1 saturated heterocycles. The molecule has 1 aliphatic rings. The summed E-state index contributed by atoms with van der Waals surface area (Å²) in [6.45, 7) is 1.14. The van der Waals surface area contributed by atoms with Gasteiger partial charge in [-0.05, 0) is 6.92 Å². The minimum Gasteiger partial charge on any atom is -0.480 e. The predicted octanol–water partition coefficient (Wildman–Crippen LogP) is -1.05. The molecule has 0 spiro atoms. The Morgan fingerprint density at radius 3 is 2.63 bits per heavy atom. The average molecular weight is 308 g/mol. The van der Waals surface area contributed by atoms with E-state index in [4.69, 9.17) is 5.11 Å². The van der Waals surface area contributed by atoms with Crippen molar-refractivity contribution in [2.24, 2.45) is 0 Å². The van der Waals surface area contributed by atoms with Crippen molar-refractivity contribution >= 4 is 27.3 Å². The molecular weight excluding hydrogens is 296 g/mol. The fourth-order valence-electron chi connectivity index (χ4n) is 2.02. The fraction of sp³-hybridized carbons (Fsp3) is 0.556. The van der Waals surface area contributed by atoms with E-state index in [0.717, 1.165) is 4.31 Å². The smallest absolute Gasteiger partial charge is 0.322 e. The number of aryl methyl sites for hydroxylation is 1. The van der Waals surface area contributed by atoms with E-state index < -0.39 is 33.0 Å². The van der Waals surface area contributed by atoms with Crippen LogP contribution in [0.3, 0.4) is 0 Å². The average Bonchev–Trinajstić information content (AvgIpc) is 2.82. The number of aromatic amines is 1. The maximum absolute atomic E-state index is 12.3. The van der Waals surface area contributed by atoms with Gasteiger partial charge in [0.25, 0.3) is 10.0 Å². The van der Waals surface area contributed by atoms with Crippen molar-refractivity contribution in [3.8, 4) is 0 Å². The highest BCUT2D eigenvalue weighted by molar-refractivity contribution is 7.91. The van der Waals surface area contributed by atoms with Crippen LogP contribution in [0, 0.1) is 6.92 Å². The number of H-pyrrole nitrogens is 1. The lowest BCUT2D eigenvalue weighted by molar-refractivity contribution is -0.140. The van der Waals surface area contributed by atoms with Gasteiger partial charge in [-0.1, -0.05) is 11.3 Å². The van der Waals surface area contributed by atoms with Crippen LogP contribution in [0.5, 0.6) is 0 Å². The summed E-state index contributed by atoms with van der Waals surface area (Å²) in [5.74, 6) is -1.32. The van der Waals surface area contributed by atoms with E-state index in [1.807, 2.05) is 0 Å². The minimum atomic E-state index is -4.10. The Morgan fingerprint density at radius 1 is 1.53 bits per heavy atom. The molecule has 10 heteroatoms. The second kappa shape index (κ2) is 4.71. The van der Waals surface area contributed by atoms with Crippen molar-refractivity contribution in [2.75, 3.05) is 6.54 Å². The highest BCUT2D eigenvalue weighted by Gasteiger charge is 2.44. The zero-order chi connectivity index (χ0) is 14.4. The normalized spacial score (nSPS) is 24.7. The molecule has 1 unspecified atom stereocenters. The number of nitrogens with one attached hydrogen (secondary N) is 1. The molecule has 0 aromatic carbocycles. The zero-order valence-electron chi connectivity index (χ0n) is 9.86. The Bertz CT molecular complexity index is 660. The first-order valence-electron chi connectivity index (χ1n) is 5.36. The molecule has 8 nitrogen and oxygen atoms in total. The number of aliphatic hydroxyl groups is 1. The molecule has 106 valence electrons. The standard InChI is InChI=1S/C9H12N2O6S2/c1-4-8(18-9(15)10-4)19(16,17)11-3-5(12)2-6(11)7(13)14/h5-6,12H,2-3H2,1H3,(H,10,15)(H,13,14)/t5?,6-/m0/s1. The Morgan fingerprint density at radius 2 is 2.16 bits per heavy atom. The van der Waals surface area contributed by atoms with Crippen molar-refractivity contribution in [2.45, 2.75) is 29.7 Å². The van der Waals surface area contributed by atoms with Gasteiger partial charge >= 0.3 is 10.8 Å². The molecule has 2 heterocycles. The van der Waals surface area contributed by atoms with E-state index in [0.29, 0.717) is 11.3 Å². The molecule has 1 aromatic heterocycles. The van der Waals surface area contributed by atoms with Gasteiger partial charge in [0.15, 0.2) is 4.21 Å². The van der Waals surface area contributed by atoms with Crippen molar-refractivity contribution in [1.29, 1.82) is 0 Å². The van der Waals surface area contributed by atoms with Crippen LogP contribution in [-0.4, -0.2) is 52.6 Å². The summed E-state index contributed by atoms with van der Waals surface area (Å²) in [4.78, 5) is 24.0. The number of hydrogen-bond donors (Lipinski definition) is 3. The van der Waals surface area contributed by atoms with E-state index in [1.54, 1.807) is 0 Å². The molecule has 0 radical (unpaired) electrons. The first-order chi connectivity index (χ1) is 8.73. The van der Waals surface area contributed by atoms with Gasteiger partial charge in [-0.3, -0.25) is 9.59 Å². The number of nitrogens with zero attached hydrogens (tertiary/aromatic N) is 1. The highest BCUT2D eigenvalue weighted by atomic mass is 32.2. The lowest BCUT2D eigenvalue weighted by atomic mass is 10.2. The Kier molecular flexibility index (Phi) is 3.51.